The van der Waals surface area contributed by atoms with Gasteiger partial charge < -0.3 is 40.2 Å². The fourth-order valence-electron chi connectivity index (χ4n) is 5.79. The molecule has 0 aliphatic heterocycles. The van der Waals surface area contributed by atoms with Gasteiger partial charge in [0, 0.05) is 35.3 Å². The number of benzene rings is 3. The lowest BCUT2D eigenvalue weighted by molar-refractivity contribution is -0.384. The Balaban J connectivity index is 1.24. The van der Waals surface area contributed by atoms with Crippen LogP contribution in [0.3, 0.4) is 0 Å². The van der Waals surface area contributed by atoms with Gasteiger partial charge in [-0.25, -0.2) is 4.79 Å². The fourth-order valence-corrected chi connectivity index (χ4v) is 5.79. The molecule has 5 rings (SSSR count). The Hall–Kier alpha value is -7.64. The van der Waals surface area contributed by atoms with E-state index in [9.17, 15) is 43.3 Å². The molecule has 2 atom stereocenters. The second-order valence-electron chi connectivity index (χ2n) is 13.9. The van der Waals surface area contributed by atoms with Crippen LogP contribution in [0.15, 0.2) is 81.0 Å². The number of aromatic amines is 1. The number of rotatable bonds is 16. The van der Waals surface area contributed by atoms with Crippen molar-refractivity contribution >= 4 is 40.7 Å². The third kappa shape index (κ3) is 10.4. The van der Waals surface area contributed by atoms with Crippen molar-refractivity contribution in [1.82, 2.24) is 25.3 Å². The molecule has 5 aromatic rings. The van der Waals surface area contributed by atoms with Gasteiger partial charge in [0.25, 0.3) is 23.1 Å². The molecule has 19 nitrogen and oxygen atoms in total. The van der Waals surface area contributed by atoms with Crippen molar-refractivity contribution in [2.75, 3.05) is 17.7 Å². The fraction of sp³-hybridized carbons (Fsp3) is 0.275. The van der Waals surface area contributed by atoms with E-state index in [0.717, 1.165) is 12.1 Å². The van der Waals surface area contributed by atoms with Crippen LogP contribution >= 0.6 is 0 Å². The van der Waals surface area contributed by atoms with Gasteiger partial charge in [-0.15, -0.1) is 0 Å². The number of ether oxygens (including phenoxy) is 2. The number of carbonyl (C=O) groups is 4. The Bertz CT molecular complexity index is 2550. The maximum Gasteiger partial charge on any atom is 0.328 e. The smallest absolute Gasteiger partial charge is 0.328 e. The molecular formula is C40H41FN8O11. The van der Waals surface area contributed by atoms with E-state index in [1.54, 1.807) is 27.7 Å². The zero-order valence-electron chi connectivity index (χ0n) is 33.2. The Labute approximate surface area is 340 Å². The van der Waals surface area contributed by atoms with Crippen LogP contribution in [0.5, 0.6) is 11.5 Å². The number of non-ortho nitro benzene ring substituents is 1. The van der Waals surface area contributed by atoms with Gasteiger partial charge in [0.2, 0.25) is 17.6 Å². The number of nitro groups is 1. The minimum absolute atomic E-state index is 0.00259. The predicted octanol–water partition coefficient (Wildman–Crippen LogP) is 3.97. The molecule has 4 amide bonds. The molecule has 2 aromatic heterocycles. The highest BCUT2D eigenvalue weighted by molar-refractivity contribution is 6.07. The molecule has 20 heteroatoms. The van der Waals surface area contributed by atoms with Crippen LogP contribution in [0, 0.1) is 35.7 Å². The maximum atomic E-state index is 13.7. The van der Waals surface area contributed by atoms with Crippen LogP contribution < -0.4 is 42.0 Å². The lowest BCUT2D eigenvalue weighted by atomic mass is 10.0. The highest BCUT2D eigenvalue weighted by Gasteiger charge is 2.28. The minimum Gasteiger partial charge on any atom is -0.497 e. The molecule has 0 radical (unpaired) electrons. The van der Waals surface area contributed by atoms with E-state index < -0.39 is 63.6 Å². The van der Waals surface area contributed by atoms with E-state index in [1.807, 2.05) is 0 Å². The van der Waals surface area contributed by atoms with Crippen molar-refractivity contribution in [3.05, 3.63) is 137 Å². The van der Waals surface area contributed by atoms with Crippen LogP contribution in [0.4, 0.5) is 21.5 Å². The lowest BCUT2D eigenvalue weighted by Gasteiger charge is -2.24. The molecule has 0 spiro atoms. The Kier molecular flexibility index (Phi) is 13.6. The number of nitrogens with zero attached hydrogens (tertiary/aromatic N) is 3. The first-order valence-electron chi connectivity index (χ1n) is 18.3. The zero-order valence-corrected chi connectivity index (χ0v) is 33.2. The van der Waals surface area contributed by atoms with Crippen LogP contribution in [-0.2, 0) is 22.7 Å². The van der Waals surface area contributed by atoms with E-state index in [-0.39, 0.29) is 47.2 Å². The Morgan fingerprint density at radius 1 is 0.933 bits per heavy atom. The number of halogens is 1. The molecule has 3 aromatic carbocycles. The second-order valence-corrected chi connectivity index (χ2v) is 13.9. The summed E-state index contributed by atoms with van der Waals surface area (Å²) >= 11 is 0. The molecule has 0 aliphatic carbocycles. The number of hydrogen-bond acceptors (Lipinski definition) is 12. The summed E-state index contributed by atoms with van der Waals surface area (Å²) < 4.78 is 30.7. The lowest BCUT2D eigenvalue weighted by Crippen LogP contribution is -2.53. The van der Waals surface area contributed by atoms with Crippen molar-refractivity contribution in [3.63, 3.8) is 0 Å². The molecule has 60 heavy (non-hydrogen) atoms. The quantitative estimate of drug-likeness (QED) is 0.0699. The van der Waals surface area contributed by atoms with E-state index in [0.29, 0.717) is 39.0 Å². The number of nitro benzene ring substituents is 1. The summed E-state index contributed by atoms with van der Waals surface area (Å²) in [5.41, 5.74) is -0.168. The summed E-state index contributed by atoms with van der Waals surface area (Å²) in [7, 11) is 1.35. The van der Waals surface area contributed by atoms with Crippen LogP contribution in [0.25, 0.3) is 0 Å². The molecule has 0 saturated heterocycles. The molecule has 0 fully saturated rings. The average Bonchev–Trinajstić information content (AvgIpc) is 3.54. The zero-order chi connectivity index (χ0) is 43.8. The van der Waals surface area contributed by atoms with E-state index in [4.69, 9.17) is 14.0 Å². The maximum absolute atomic E-state index is 13.7. The van der Waals surface area contributed by atoms with Crippen molar-refractivity contribution in [1.29, 1.82) is 0 Å². The summed E-state index contributed by atoms with van der Waals surface area (Å²) in [5, 5.41) is 26.0. The van der Waals surface area contributed by atoms with Crippen molar-refractivity contribution < 1.29 is 42.5 Å². The van der Waals surface area contributed by atoms with Crippen LogP contribution in [-0.4, -0.2) is 62.5 Å². The first-order chi connectivity index (χ1) is 28.4. The van der Waals surface area contributed by atoms with Gasteiger partial charge in [-0.1, -0.05) is 31.1 Å². The second kappa shape index (κ2) is 18.7. The number of carbonyl (C=O) groups excluding carboxylic acids is 4. The van der Waals surface area contributed by atoms with Crippen LogP contribution in [0.1, 0.15) is 64.1 Å². The molecule has 0 unspecified atom stereocenters. The average molecular weight is 829 g/mol. The Morgan fingerprint density at radius 2 is 1.65 bits per heavy atom. The van der Waals surface area contributed by atoms with Gasteiger partial charge in [0.1, 0.15) is 35.9 Å². The van der Waals surface area contributed by atoms with Gasteiger partial charge in [0.15, 0.2) is 0 Å². The molecule has 314 valence electrons. The monoisotopic (exact) mass is 828 g/mol. The highest BCUT2D eigenvalue weighted by Crippen LogP contribution is 2.29. The largest absolute Gasteiger partial charge is 0.497 e. The SMILES string of the molecule is COc1cc(NC(=O)c2ccc([N+](=O)[O-])cc2OCc2c(C)noc2C)cc(C(=O)N[C@H](C(=O)N[C@@H](C)C(=O)Nc2ccc(Cn3c(=O)[nH]cc(F)c3=O)cc2)C(C)C)c1. The van der Waals surface area contributed by atoms with Gasteiger partial charge in [0.05, 0.1) is 41.5 Å². The third-order valence-corrected chi connectivity index (χ3v) is 9.20. The van der Waals surface area contributed by atoms with Gasteiger partial charge >= 0.3 is 5.69 Å². The van der Waals surface area contributed by atoms with E-state index in [1.165, 1.54) is 62.6 Å². The summed E-state index contributed by atoms with van der Waals surface area (Å²) in [6.45, 7) is 7.89. The molecule has 2 heterocycles. The minimum atomic E-state index is -1.12. The number of amides is 4. The first-order valence-corrected chi connectivity index (χ1v) is 18.3. The summed E-state index contributed by atoms with van der Waals surface area (Å²) in [6, 6.07) is 11.5. The molecule has 0 saturated carbocycles. The summed E-state index contributed by atoms with van der Waals surface area (Å²) in [6.07, 6.45) is 0.683. The molecule has 0 bridgehead atoms. The number of hydrogen-bond donors (Lipinski definition) is 5. The van der Waals surface area contributed by atoms with Crippen molar-refractivity contribution in [3.8, 4) is 11.5 Å². The number of methoxy groups -OCH3 is 1. The number of aromatic nitrogens is 3. The number of H-pyrrole nitrogens is 1. The summed E-state index contributed by atoms with van der Waals surface area (Å²) in [4.78, 5) is 90.7. The third-order valence-electron chi connectivity index (χ3n) is 9.20. The van der Waals surface area contributed by atoms with E-state index >= 15 is 0 Å². The van der Waals surface area contributed by atoms with Crippen LogP contribution in [0.2, 0.25) is 0 Å². The number of anilines is 2. The number of nitrogens with one attached hydrogen (secondary N) is 5. The summed E-state index contributed by atoms with van der Waals surface area (Å²) in [5.74, 6) is -3.70. The molecular weight excluding hydrogens is 787 g/mol. The molecule has 5 N–H and O–H groups in total. The van der Waals surface area contributed by atoms with E-state index in [2.05, 4.69) is 31.4 Å². The predicted molar refractivity (Wildman–Crippen MR) is 214 cm³/mol. The van der Waals surface area contributed by atoms with Crippen molar-refractivity contribution in [2.45, 2.75) is 59.9 Å². The van der Waals surface area contributed by atoms with Gasteiger partial charge in [-0.05, 0) is 62.6 Å². The van der Waals surface area contributed by atoms with Crippen molar-refractivity contribution in [2.24, 2.45) is 5.92 Å². The van der Waals surface area contributed by atoms with Gasteiger partial charge in [-0.3, -0.25) is 38.7 Å². The first kappa shape index (κ1) is 43.5. The molecule has 0 aliphatic rings. The van der Waals surface area contributed by atoms with Gasteiger partial charge in [-0.2, -0.15) is 4.39 Å². The highest BCUT2D eigenvalue weighted by atomic mass is 19.1. The Morgan fingerprint density at radius 3 is 2.28 bits per heavy atom. The number of aryl methyl sites for hydroxylation is 2. The normalized spacial score (nSPS) is 11.9. The topological polar surface area (TPSA) is 259 Å². The standard InChI is InChI=1S/C40H41FN8O11/c1-20(2)34(38(53)43-22(4)35(50)44-26-9-7-24(8-10-26)18-48-39(54)32(41)17-42-40(48)55)46-36(51)25-13-27(15-29(14-25)58-6)45-37(52)30-12-11-28(49(56)57)16-33(30)59-19-31-21(3)47-60-23(31)5/h7-17,20,22,34H,18-19H2,1-6H3,(H,42,55)(H,43,53)(H,44,50)(H,45,52)(H,46,51)/t22-,34-/m0/s1.